The summed E-state index contributed by atoms with van der Waals surface area (Å²) >= 11 is 0. The summed E-state index contributed by atoms with van der Waals surface area (Å²) in [4.78, 5) is 0. The molecule has 1 heteroatoms. The number of hydrogen-bond acceptors (Lipinski definition) is 0. The fourth-order valence-electron chi connectivity index (χ4n) is 3.21. The van der Waals surface area contributed by atoms with Crippen LogP contribution in [-0.2, 0) is 19.5 Å². The molecule has 0 spiro atoms. The first-order chi connectivity index (χ1) is 5.97. The fourth-order valence-corrected chi connectivity index (χ4v) is 3.21. The molecule has 2 aliphatic rings. The average molecular weight is 232 g/mol. The molecule has 2 rings (SSSR count). The van der Waals surface area contributed by atoms with Crippen LogP contribution < -0.4 is 0 Å². The van der Waals surface area contributed by atoms with Gasteiger partial charge in [0.05, 0.1) is 0 Å². The van der Waals surface area contributed by atoms with E-state index in [4.69, 9.17) is 0 Å². The minimum Gasteiger partial charge on any atom is -0.0533 e. The summed E-state index contributed by atoms with van der Waals surface area (Å²) in [5.74, 6) is 2.28. The summed E-state index contributed by atoms with van der Waals surface area (Å²) in [6, 6.07) is 0. The first-order valence-corrected chi connectivity index (χ1v) is 5.97. The van der Waals surface area contributed by atoms with Crippen LogP contribution in [0.15, 0.2) is 0 Å². The molecule has 0 saturated heterocycles. The van der Waals surface area contributed by atoms with Gasteiger partial charge in [-0.2, -0.15) is 0 Å². The second-order valence-electron chi connectivity index (χ2n) is 4.80. The summed E-state index contributed by atoms with van der Waals surface area (Å²) in [5.41, 5.74) is 0. The van der Waals surface area contributed by atoms with E-state index in [-0.39, 0.29) is 19.5 Å². The second-order valence-corrected chi connectivity index (χ2v) is 4.80. The predicted molar refractivity (Wildman–Crippen MR) is 53.2 cm³/mol. The molecule has 0 N–H and O–H groups in total. The molecule has 0 aromatic rings. The van der Waals surface area contributed by atoms with Gasteiger partial charge < -0.3 is 0 Å². The van der Waals surface area contributed by atoms with Crippen molar-refractivity contribution < 1.29 is 19.5 Å². The molecule has 0 heterocycles. The Kier molecular flexibility index (Phi) is 5.55. The Morgan fingerprint density at radius 1 is 0.462 bits per heavy atom. The second kappa shape index (κ2) is 6.17. The third kappa shape index (κ3) is 3.35. The van der Waals surface area contributed by atoms with Gasteiger partial charge >= 0.3 is 0 Å². The third-order valence-electron chi connectivity index (χ3n) is 3.97. The van der Waals surface area contributed by atoms with E-state index < -0.39 is 0 Å². The van der Waals surface area contributed by atoms with Crippen molar-refractivity contribution in [3.8, 4) is 0 Å². The van der Waals surface area contributed by atoms with Crippen molar-refractivity contribution in [3.05, 3.63) is 0 Å². The summed E-state index contributed by atoms with van der Waals surface area (Å²) < 4.78 is 0. The van der Waals surface area contributed by atoms with Crippen molar-refractivity contribution in [2.45, 2.75) is 64.2 Å². The molecule has 0 aromatic carbocycles. The van der Waals surface area contributed by atoms with E-state index in [9.17, 15) is 0 Å². The van der Waals surface area contributed by atoms with E-state index in [1.165, 1.54) is 38.5 Å². The molecule has 0 amide bonds. The standard InChI is InChI=1S/C12H22.Zn/c1-3-7-11(8-4-1)12-9-5-2-6-10-12;/h11-12H,1-10H2;. The molecule has 0 aromatic heterocycles. The van der Waals surface area contributed by atoms with Crippen LogP contribution in [-0.4, -0.2) is 0 Å². The molecule has 2 fully saturated rings. The predicted octanol–water partition coefficient (Wildman–Crippen LogP) is 4.14. The van der Waals surface area contributed by atoms with E-state index >= 15 is 0 Å². The van der Waals surface area contributed by atoms with Crippen molar-refractivity contribution in [1.29, 1.82) is 0 Å². The molecular formula is C12H22Zn. The van der Waals surface area contributed by atoms with Crippen LogP contribution in [0.2, 0.25) is 0 Å². The van der Waals surface area contributed by atoms with E-state index in [0.717, 1.165) is 11.8 Å². The van der Waals surface area contributed by atoms with Crippen molar-refractivity contribution in [1.82, 2.24) is 0 Å². The van der Waals surface area contributed by atoms with Crippen LogP contribution >= 0.6 is 0 Å². The maximum absolute atomic E-state index is 1.56. The molecule has 2 saturated carbocycles. The van der Waals surface area contributed by atoms with Crippen LogP contribution in [0.4, 0.5) is 0 Å². The van der Waals surface area contributed by atoms with Crippen LogP contribution in [0.5, 0.6) is 0 Å². The van der Waals surface area contributed by atoms with Crippen molar-refractivity contribution in [2.24, 2.45) is 11.8 Å². The Morgan fingerprint density at radius 2 is 0.769 bits per heavy atom. The van der Waals surface area contributed by atoms with Crippen molar-refractivity contribution in [3.63, 3.8) is 0 Å². The van der Waals surface area contributed by atoms with Crippen LogP contribution in [0.3, 0.4) is 0 Å². The van der Waals surface area contributed by atoms with Gasteiger partial charge in [-0.05, 0) is 11.8 Å². The van der Waals surface area contributed by atoms with Gasteiger partial charge in [-0.25, -0.2) is 0 Å². The van der Waals surface area contributed by atoms with Crippen LogP contribution in [0.1, 0.15) is 64.2 Å². The van der Waals surface area contributed by atoms with Gasteiger partial charge in [0.1, 0.15) is 0 Å². The Labute approximate surface area is 95.6 Å². The Morgan fingerprint density at radius 3 is 1.08 bits per heavy atom. The molecule has 13 heavy (non-hydrogen) atoms. The Balaban J connectivity index is 0.000000845. The maximum Gasteiger partial charge on any atom is 0 e. The molecule has 0 atom stereocenters. The van der Waals surface area contributed by atoms with E-state index in [0.29, 0.717) is 0 Å². The first kappa shape index (κ1) is 11.7. The van der Waals surface area contributed by atoms with Crippen molar-refractivity contribution >= 4 is 0 Å². The molecule has 0 nitrogen and oxygen atoms in total. The summed E-state index contributed by atoms with van der Waals surface area (Å²) in [6.07, 6.45) is 15.4. The van der Waals surface area contributed by atoms with Crippen LogP contribution in [0.25, 0.3) is 0 Å². The smallest absolute Gasteiger partial charge is 0 e. The number of hydrogen-bond donors (Lipinski definition) is 0. The SMILES string of the molecule is C1CCC(C2CCCCC2)CC1.[Zn]. The average Bonchev–Trinajstić information content (AvgIpc) is 2.21. The molecule has 2 aliphatic carbocycles. The zero-order chi connectivity index (χ0) is 8.23. The normalized spacial score (nSPS) is 26.8. The topological polar surface area (TPSA) is 0 Å². The zero-order valence-corrected chi connectivity index (χ0v) is 11.9. The number of rotatable bonds is 1. The van der Waals surface area contributed by atoms with E-state index in [1.807, 2.05) is 0 Å². The van der Waals surface area contributed by atoms with E-state index in [1.54, 1.807) is 25.7 Å². The Hall–Kier alpha value is 0.623. The fraction of sp³-hybridized carbons (Fsp3) is 1.00. The summed E-state index contributed by atoms with van der Waals surface area (Å²) in [5, 5.41) is 0. The third-order valence-corrected chi connectivity index (χ3v) is 3.97. The quantitative estimate of drug-likeness (QED) is 0.595. The van der Waals surface area contributed by atoms with Gasteiger partial charge in [-0.1, -0.05) is 64.2 Å². The minimum absolute atomic E-state index is 0. The van der Waals surface area contributed by atoms with Gasteiger partial charge in [0, 0.05) is 19.5 Å². The van der Waals surface area contributed by atoms with Gasteiger partial charge in [0.25, 0.3) is 0 Å². The van der Waals surface area contributed by atoms with Gasteiger partial charge in [-0.3, -0.25) is 0 Å². The zero-order valence-electron chi connectivity index (χ0n) is 8.93. The minimum atomic E-state index is 0. The maximum atomic E-state index is 1.56. The van der Waals surface area contributed by atoms with Gasteiger partial charge in [0.2, 0.25) is 0 Å². The molecule has 0 unspecified atom stereocenters. The monoisotopic (exact) mass is 230 g/mol. The summed E-state index contributed by atoms with van der Waals surface area (Å²) in [6.45, 7) is 0. The first-order valence-electron chi connectivity index (χ1n) is 5.97. The molecule has 0 radical (unpaired) electrons. The molecule has 0 aliphatic heterocycles. The van der Waals surface area contributed by atoms with Gasteiger partial charge in [-0.15, -0.1) is 0 Å². The van der Waals surface area contributed by atoms with Gasteiger partial charge in [0.15, 0.2) is 0 Å². The largest absolute Gasteiger partial charge is 0.0533 e. The Bertz CT molecular complexity index is 105. The van der Waals surface area contributed by atoms with Crippen LogP contribution in [0, 0.1) is 11.8 Å². The van der Waals surface area contributed by atoms with E-state index in [2.05, 4.69) is 0 Å². The molecule has 0 bridgehead atoms. The molecule has 72 valence electrons. The molecular weight excluding hydrogens is 210 g/mol. The van der Waals surface area contributed by atoms with Crippen molar-refractivity contribution in [2.75, 3.05) is 0 Å². The summed E-state index contributed by atoms with van der Waals surface area (Å²) in [7, 11) is 0.